The summed E-state index contributed by atoms with van der Waals surface area (Å²) in [4.78, 5) is 39.3. The number of benzene rings is 1. The van der Waals surface area contributed by atoms with Crippen LogP contribution in [0.5, 0.6) is 0 Å². The second-order valence-corrected chi connectivity index (χ2v) is 8.77. The number of H-pyrrole nitrogens is 1. The number of aromatic amines is 1. The molecule has 0 bridgehead atoms. The molecular formula is C22H22N7O5S-. The van der Waals surface area contributed by atoms with E-state index in [0.29, 0.717) is 22.4 Å². The van der Waals surface area contributed by atoms with Crippen molar-refractivity contribution in [3.63, 3.8) is 0 Å². The number of aromatic nitrogens is 5. The second kappa shape index (κ2) is 10.0. The Kier molecular flexibility index (Phi) is 6.89. The van der Waals surface area contributed by atoms with Crippen LogP contribution in [0.25, 0.3) is 16.9 Å². The third-order valence-electron chi connectivity index (χ3n) is 5.25. The lowest BCUT2D eigenvalue weighted by Crippen LogP contribution is -2.36. The van der Waals surface area contributed by atoms with Crippen molar-refractivity contribution < 1.29 is 18.7 Å². The molecule has 0 spiro atoms. The van der Waals surface area contributed by atoms with Crippen LogP contribution in [0, 0.1) is 0 Å². The first-order valence-electron chi connectivity index (χ1n) is 10.6. The number of anilines is 2. The largest absolute Gasteiger partial charge is 0.755 e. The Hall–Kier alpha value is -4.10. The number of nitrogens with one attached hydrogen (secondary N) is 2. The summed E-state index contributed by atoms with van der Waals surface area (Å²) in [6.45, 7) is 3.36. The van der Waals surface area contributed by atoms with E-state index in [4.69, 9.17) is 0 Å². The smallest absolute Gasteiger partial charge is 0.332 e. The lowest BCUT2D eigenvalue weighted by Gasteiger charge is -2.31. The van der Waals surface area contributed by atoms with Crippen LogP contribution >= 0.6 is 0 Å². The van der Waals surface area contributed by atoms with E-state index in [1.165, 1.54) is 17.1 Å². The standard InChI is InChI=1S/C22H23N7O5S/c1-13(2)29(35(33)34)18-11-23-12-25-19(18)26-17(21(30)31)10-14-5-7-15(8-6-14)28-20-16(27-22(28)32)4-3-9-24-20/h3-9,11-13,17H,10H2,1-2H3,(H,27,32)(H,30,31)(H,33,34)(H,23,25,26)/p-1/t17-/m0/s1. The molecule has 2 atom stereocenters. The van der Waals surface area contributed by atoms with Gasteiger partial charge in [-0.25, -0.2) is 29.1 Å². The Bertz CT molecular complexity index is 1430. The molecule has 13 heteroatoms. The molecule has 1 aromatic carbocycles. The summed E-state index contributed by atoms with van der Waals surface area (Å²) >= 11 is -2.61. The van der Waals surface area contributed by atoms with Crippen molar-refractivity contribution in [1.29, 1.82) is 0 Å². The predicted octanol–water partition coefficient (Wildman–Crippen LogP) is 1.62. The highest BCUT2D eigenvalue weighted by Gasteiger charge is 2.23. The minimum atomic E-state index is -2.61. The number of fused-ring (bicyclic) bond motifs is 1. The minimum Gasteiger partial charge on any atom is -0.755 e. The molecule has 0 amide bonds. The maximum atomic E-state index is 12.4. The zero-order chi connectivity index (χ0) is 25.1. The van der Waals surface area contributed by atoms with Gasteiger partial charge in [-0.3, -0.25) is 8.51 Å². The van der Waals surface area contributed by atoms with Crippen LogP contribution in [0.3, 0.4) is 0 Å². The van der Waals surface area contributed by atoms with Gasteiger partial charge in [-0.1, -0.05) is 12.1 Å². The lowest BCUT2D eigenvalue weighted by molar-refractivity contribution is -0.137. The first kappa shape index (κ1) is 24.0. The Labute approximate surface area is 202 Å². The van der Waals surface area contributed by atoms with Crippen molar-refractivity contribution in [2.24, 2.45) is 0 Å². The molecule has 0 aliphatic carbocycles. The van der Waals surface area contributed by atoms with Gasteiger partial charge in [0.05, 0.1) is 17.4 Å². The molecule has 1 unspecified atom stereocenters. The van der Waals surface area contributed by atoms with Crippen molar-refractivity contribution >= 4 is 39.9 Å². The quantitative estimate of drug-likeness (QED) is 0.291. The summed E-state index contributed by atoms with van der Waals surface area (Å²) in [5, 5.41) is 12.6. The number of rotatable bonds is 9. The van der Waals surface area contributed by atoms with E-state index in [9.17, 15) is 23.5 Å². The van der Waals surface area contributed by atoms with Crippen molar-refractivity contribution in [3.8, 4) is 5.69 Å². The number of aliphatic carboxylic acids is 1. The lowest BCUT2D eigenvalue weighted by atomic mass is 10.1. The Balaban J connectivity index is 1.59. The average molecular weight is 497 g/mol. The van der Waals surface area contributed by atoms with E-state index in [2.05, 4.69) is 25.3 Å². The molecular weight excluding hydrogens is 474 g/mol. The minimum absolute atomic E-state index is 0.0717. The van der Waals surface area contributed by atoms with Crippen molar-refractivity contribution in [3.05, 3.63) is 71.2 Å². The summed E-state index contributed by atoms with van der Waals surface area (Å²) in [5.74, 6) is -1.06. The molecule has 4 aromatic rings. The van der Waals surface area contributed by atoms with Crippen molar-refractivity contribution in [2.45, 2.75) is 32.4 Å². The molecule has 35 heavy (non-hydrogen) atoms. The van der Waals surface area contributed by atoms with Gasteiger partial charge >= 0.3 is 11.7 Å². The third kappa shape index (κ3) is 5.05. The second-order valence-electron chi connectivity index (χ2n) is 7.94. The molecule has 4 rings (SSSR count). The van der Waals surface area contributed by atoms with Gasteiger partial charge in [-0.2, -0.15) is 0 Å². The zero-order valence-electron chi connectivity index (χ0n) is 18.8. The highest BCUT2D eigenvalue weighted by atomic mass is 32.2. The van der Waals surface area contributed by atoms with Gasteiger partial charge in [0.2, 0.25) is 0 Å². The van der Waals surface area contributed by atoms with Crippen LogP contribution < -0.4 is 15.3 Å². The number of hydrogen-bond donors (Lipinski definition) is 3. The molecule has 0 saturated heterocycles. The molecule has 3 N–H and O–H groups in total. The van der Waals surface area contributed by atoms with E-state index in [1.807, 2.05) is 0 Å². The van der Waals surface area contributed by atoms with Gasteiger partial charge in [-0.05, 0) is 43.7 Å². The van der Waals surface area contributed by atoms with Crippen molar-refractivity contribution in [1.82, 2.24) is 24.5 Å². The van der Waals surface area contributed by atoms with Crippen LogP contribution in [0.15, 0.2) is 59.9 Å². The molecule has 3 heterocycles. The normalized spacial score (nSPS) is 13.0. The van der Waals surface area contributed by atoms with Crippen LogP contribution in [0.1, 0.15) is 19.4 Å². The highest BCUT2D eigenvalue weighted by Crippen LogP contribution is 2.26. The highest BCUT2D eigenvalue weighted by molar-refractivity contribution is 7.80. The number of imidazole rings is 1. The van der Waals surface area contributed by atoms with E-state index in [-0.39, 0.29) is 23.6 Å². The number of pyridine rings is 1. The summed E-state index contributed by atoms with van der Waals surface area (Å²) in [6, 6.07) is 8.78. The topological polar surface area (TPSA) is 169 Å². The van der Waals surface area contributed by atoms with Gasteiger partial charge in [-0.15, -0.1) is 0 Å². The molecule has 0 saturated carbocycles. The molecule has 12 nitrogen and oxygen atoms in total. The molecule has 0 aliphatic rings. The van der Waals surface area contributed by atoms with Gasteiger partial charge in [0, 0.05) is 29.9 Å². The Morgan fingerprint density at radius 2 is 2.00 bits per heavy atom. The summed E-state index contributed by atoms with van der Waals surface area (Å²) < 4.78 is 26.0. The predicted molar refractivity (Wildman–Crippen MR) is 129 cm³/mol. The van der Waals surface area contributed by atoms with E-state index < -0.39 is 29.3 Å². The Morgan fingerprint density at radius 1 is 1.26 bits per heavy atom. The van der Waals surface area contributed by atoms with Gasteiger partial charge in [0.25, 0.3) is 0 Å². The van der Waals surface area contributed by atoms with Gasteiger partial charge in [0.15, 0.2) is 11.5 Å². The summed E-state index contributed by atoms with van der Waals surface area (Å²) in [5.41, 5.74) is 2.15. The third-order valence-corrected chi connectivity index (χ3v) is 6.19. The van der Waals surface area contributed by atoms with E-state index in [1.54, 1.807) is 56.4 Å². The SMILES string of the molecule is CC(C)N(c1cncnc1N[C@@H](Cc1ccc(-n2c(=O)[nH]c3cccnc32)cc1)C(=O)O)S(=O)[O-]. The number of hydrogen-bond acceptors (Lipinski definition) is 8. The maximum absolute atomic E-state index is 12.4. The Morgan fingerprint density at radius 3 is 2.66 bits per heavy atom. The van der Waals surface area contributed by atoms with Crippen LogP contribution in [-0.4, -0.2) is 56.4 Å². The maximum Gasteiger partial charge on any atom is 0.332 e. The van der Waals surface area contributed by atoms with Crippen molar-refractivity contribution in [2.75, 3.05) is 9.62 Å². The number of carbonyl (C=O) groups is 1. The van der Waals surface area contributed by atoms with Gasteiger partial charge in [0.1, 0.15) is 18.1 Å². The average Bonchev–Trinajstić information content (AvgIpc) is 3.15. The number of carboxylic acid groups (broad SMARTS) is 1. The summed E-state index contributed by atoms with van der Waals surface area (Å²) in [7, 11) is 0. The van der Waals surface area contributed by atoms with Crippen LogP contribution in [0.2, 0.25) is 0 Å². The molecule has 0 radical (unpaired) electrons. The fourth-order valence-corrected chi connectivity index (χ4v) is 4.33. The fourth-order valence-electron chi connectivity index (χ4n) is 3.69. The number of nitrogens with zero attached hydrogens (tertiary/aromatic N) is 5. The monoisotopic (exact) mass is 496 g/mol. The fraction of sp³-hybridized carbons (Fsp3) is 0.227. The van der Waals surface area contributed by atoms with Gasteiger partial charge < -0.3 is 20.0 Å². The first-order valence-corrected chi connectivity index (χ1v) is 11.6. The summed E-state index contributed by atoms with van der Waals surface area (Å²) in [6.07, 6.45) is 4.18. The van der Waals surface area contributed by atoms with E-state index in [0.717, 1.165) is 4.31 Å². The molecule has 182 valence electrons. The molecule has 0 aliphatic heterocycles. The number of carboxylic acids is 1. The van der Waals surface area contributed by atoms with E-state index >= 15 is 0 Å². The van der Waals surface area contributed by atoms with Crippen LogP contribution in [0.4, 0.5) is 11.5 Å². The van der Waals surface area contributed by atoms with Crippen LogP contribution in [-0.2, 0) is 22.5 Å². The first-order chi connectivity index (χ1) is 16.8. The molecule has 3 aromatic heterocycles. The molecule has 0 fully saturated rings. The zero-order valence-corrected chi connectivity index (χ0v) is 19.6.